The predicted molar refractivity (Wildman–Crippen MR) is 117 cm³/mol. The van der Waals surface area contributed by atoms with Crippen molar-refractivity contribution in [2.75, 3.05) is 7.11 Å². The van der Waals surface area contributed by atoms with E-state index in [1.165, 1.54) is 35.1 Å². The smallest absolute Gasteiger partial charge is 0.419 e. The molecule has 164 valence electrons. The van der Waals surface area contributed by atoms with Gasteiger partial charge in [0.1, 0.15) is 11.4 Å². The van der Waals surface area contributed by atoms with E-state index in [0.717, 1.165) is 5.56 Å². The van der Waals surface area contributed by atoms with Crippen LogP contribution in [0.25, 0.3) is 22.0 Å². The number of carbonyl (C=O) groups excluding carboxylic acids is 3. The molecule has 8 heteroatoms. The number of ketones is 1. The number of methoxy groups -OCH3 is 1. The fourth-order valence-electron chi connectivity index (χ4n) is 3.13. The summed E-state index contributed by atoms with van der Waals surface area (Å²) in [6, 6.07) is 5.98. The highest BCUT2D eigenvalue weighted by Gasteiger charge is 2.22. The fraction of sp³-hybridized carbons (Fsp3) is 0.348. The zero-order valence-corrected chi connectivity index (χ0v) is 18.7. The van der Waals surface area contributed by atoms with Crippen molar-refractivity contribution < 1.29 is 28.2 Å². The molecule has 2 heterocycles. The Bertz CT molecular complexity index is 1140. The van der Waals surface area contributed by atoms with Gasteiger partial charge in [-0.3, -0.25) is 14.2 Å². The Morgan fingerprint density at radius 2 is 1.87 bits per heavy atom. The number of esters is 1. The zero-order valence-electron chi connectivity index (χ0n) is 17.9. The van der Waals surface area contributed by atoms with Gasteiger partial charge >= 0.3 is 12.1 Å². The van der Waals surface area contributed by atoms with Crippen LogP contribution in [0.3, 0.4) is 0 Å². The number of hydrogen-bond donors (Lipinski definition) is 0. The molecule has 31 heavy (non-hydrogen) atoms. The van der Waals surface area contributed by atoms with Crippen molar-refractivity contribution in [3.05, 3.63) is 46.5 Å². The highest BCUT2D eigenvalue weighted by atomic mass is 32.1. The molecule has 0 radical (unpaired) electrons. The summed E-state index contributed by atoms with van der Waals surface area (Å²) in [6.07, 6.45) is 1.83. The molecule has 0 aliphatic carbocycles. The first kappa shape index (κ1) is 22.7. The summed E-state index contributed by atoms with van der Waals surface area (Å²) in [6.45, 7) is 5.28. The third kappa shape index (κ3) is 5.38. The van der Waals surface area contributed by atoms with Crippen molar-refractivity contribution in [3.63, 3.8) is 0 Å². The van der Waals surface area contributed by atoms with Crippen molar-refractivity contribution >= 4 is 40.1 Å². The second kappa shape index (κ2) is 9.01. The van der Waals surface area contributed by atoms with Crippen LogP contribution >= 0.6 is 11.3 Å². The third-order valence-corrected chi connectivity index (χ3v) is 5.53. The molecule has 0 bridgehead atoms. The first-order chi connectivity index (χ1) is 14.6. The minimum atomic E-state index is -0.701. The molecule has 3 aromatic rings. The van der Waals surface area contributed by atoms with Gasteiger partial charge in [-0.05, 0) is 62.4 Å². The molecule has 0 saturated heterocycles. The van der Waals surface area contributed by atoms with Gasteiger partial charge in [-0.25, -0.2) is 9.18 Å². The standard InChI is InChI=1S/C23H24FNO5S/c1-23(2,3)30-22(28)25-12-17(16-9-8-15(24)11-18(16)25)14-10-20(31-13-14)19(26)6-5-7-21(27)29-4/h8-13H,5-7H2,1-4H3. The number of aromatic nitrogens is 1. The topological polar surface area (TPSA) is 74.6 Å². The Balaban J connectivity index is 1.91. The van der Waals surface area contributed by atoms with Crippen LogP contribution in [0.5, 0.6) is 0 Å². The second-order valence-electron chi connectivity index (χ2n) is 8.11. The van der Waals surface area contributed by atoms with Crippen molar-refractivity contribution in [2.24, 2.45) is 0 Å². The summed E-state index contributed by atoms with van der Waals surface area (Å²) in [4.78, 5) is 36.9. The molecular formula is C23H24FNO5S. The lowest BCUT2D eigenvalue weighted by Crippen LogP contribution is -2.26. The molecule has 0 unspecified atom stereocenters. The maximum absolute atomic E-state index is 13.9. The van der Waals surface area contributed by atoms with Crippen LogP contribution in [0.1, 0.15) is 49.7 Å². The van der Waals surface area contributed by atoms with E-state index in [4.69, 9.17) is 4.74 Å². The molecule has 0 amide bonds. The van der Waals surface area contributed by atoms with Crippen LogP contribution in [-0.2, 0) is 14.3 Å². The quantitative estimate of drug-likeness (QED) is 0.353. The minimum Gasteiger partial charge on any atom is -0.469 e. The average molecular weight is 446 g/mol. The molecule has 6 nitrogen and oxygen atoms in total. The van der Waals surface area contributed by atoms with E-state index < -0.39 is 17.5 Å². The first-order valence-electron chi connectivity index (χ1n) is 9.82. The molecule has 2 aromatic heterocycles. The predicted octanol–water partition coefficient (Wildman–Crippen LogP) is 5.82. The number of rotatable bonds is 6. The monoisotopic (exact) mass is 445 g/mol. The van der Waals surface area contributed by atoms with E-state index in [0.29, 0.717) is 27.8 Å². The first-order valence-corrected chi connectivity index (χ1v) is 10.7. The van der Waals surface area contributed by atoms with Crippen molar-refractivity contribution in [3.8, 4) is 11.1 Å². The summed E-state index contributed by atoms with van der Waals surface area (Å²) in [5.41, 5.74) is 1.14. The van der Waals surface area contributed by atoms with Crippen LogP contribution in [-0.4, -0.2) is 35.1 Å². The molecule has 0 aliphatic rings. The van der Waals surface area contributed by atoms with E-state index in [1.807, 2.05) is 5.38 Å². The third-order valence-electron chi connectivity index (χ3n) is 4.56. The van der Waals surface area contributed by atoms with Gasteiger partial charge in [0.05, 0.1) is 17.5 Å². The van der Waals surface area contributed by atoms with Crippen LogP contribution in [0, 0.1) is 5.82 Å². The number of thiophene rings is 1. The molecule has 0 aliphatic heterocycles. The van der Waals surface area contributed by atoms with E-state index in [2.05, 4.69) is 4.74 Å². The van der Waals surface area contributed by atoms with E-state index in [9.17, 15) is 18.8 Å². The van der Waals surface area contributed by atoms with Gasteiger partial charge in [0.2, 0.25) is 0 Å². The number of Topliss-reactive ketones (excluding diaryl/α,β-unsaturated/α-hetero) is 1. The van der Waals surface area contributed by atoms with Crippen LogP contribution < -0.4 is 0 Å². The number of carbonyl (C=O) groups is 3. The van der Waals surface area contributed by atoms with E-state index in [1.54, 1.807) is 39.1 Å². The highest BCUT2D eigenvalue weighted by Crippen LogP contribution is 2.34. The van der Waals surface area contributed by atoms with E-state index in [-0.39, 0.29) is 24.6 Å². The summed E-state index contributed by atoms with van der Waals surface area (Å²) >= 11 is 1.29. The lowest BCUT2D eigenvalue weighted by atomic mass is 10.1. The minimum absolute atomic E-state index is 0.0675. The normalized spacial score (nSPS) is 11.5. The van der Waals surface area contributed by atoms with Gasteiger partial charge in [0.25, 0.3) is 0 Å². The Morgan fingerprint density at radius 3 is 2.55 bits per heavy atom. The second-order valence-corrected chi connectivity index (χ2v) is 9.02. The lowest BCUT2D eigenvalue weighted by Gasteiger charge is -2.19. The van der Waals surface area contributed by atoms with Gasteiger partial charge in [0, 0.05) is 30.0 Å². The van der Waals surface area contributed by atoms with Gasteiger partial charge in [-0.2, -0.15) is 0 Å². The SMILES string of the molecule is COC(=O)CCCC(=O)c1cc(-c2cn(C(=O)OC(C)(C)C)c3cc(F)ccc23)cs1. The van der Waals surface area contributed by atoms with Gasteiger partial charge < -0.3 is 9.47 Å². The van der Waals surface area contributed by atoms with Gasteiger partial charge in [-0.1, -0.05) is 0 Å². The number of benzene rings is 1. The Labute approximate surface area is 183 Å². The number of hydrogen-bond acceptors (Lipinski definition) is 6. The highest BCUT2D eigenvalue weighted by molar-refractivity contribution is 7.12. The summed E-state index contributed by atoms with van der Waals surface area (Å²) < 4.78 is 25.2. The maximum atomic E-state index is 13.9. The van der Waals surface area contributed by atoms with Crippen molar-refractivity contribution in [1.82, 2.24) is 4.57 Å². The molecule has 0 N–H and O–H groups in total. The molecule has 1 aromatic carbocycles. The fourth-order valence-corrected chi connectivity index (χ4v) is 4.01. The molecule has 0 fully saturated rings. The van der Waals surface area contributed by atoms with Gasteiger partial charge in [-0.15, -0.1) is 11.3 Å². The summed E-state index contributed by atoms with van der Waals surface area (Å²) in [5.74, 6) is -0.877. The summed E-state index contributed by atoms with van der Waals surface area (Å²) in [7, 11) is 1.31. The molecular weight excluding hydrogens is 421 g/mol. The van der Waals surface area contributed by atoms with E-state index >= 15 is 0 Å². The molecule has 0 saturated carbocycles. The summed E-state index contributed by atoms with van der Waals surface area (Å²) in [5, 5.41) is 2.50. The van der Waals surface area contributed by atoms with Gasteiger partial charge in [0.15, 0.2) is 5.78 Å². The Morgan fingerprint density at radius 1 is 1.13 bits per heavy atom. The van der Waals surface area contributed by atoms with Crippen LogP contribution in [0.15, 0.2) is 35.8 Å². The lowest BCUT2D eigenvalue weighted by molar-refractivity contribution is -0.140. The number of fused-ring (bicyclic) bond motifs is 1. The number of ether oxygens (including phenoxy) is 2. The van der Waals surface area contributed by atoms with Crippen LogP contribution in [0.4, 0.5) is 9.18 Å². The number of halogens is 1. The Kier molecular flexibility index (Phi) is 6.59. The van der Waals surface area contributed by atoms with Crippen molar-refractivity contribution in [1.29, 1.82) is 0 Å². The number of nitrogens with zero attached hydrogens (tertiary/aromatic N) is 1. The zero-order chi connectivity index (χ0) is 22.8. The average Bonchev–Trinajstić information content (AvgIpc) is 3.30. The Hall–Kier alpha value is -3.00. The van der Waals surface area contributed by atoms with Crippen LogP contribution in [0.2, 0.25) is 0 Å². The van der Waals surface area contributed by atoms with Crippen molar-refractivity contribution in [2.45, 2.75) is 45.6 Å². The molecule has 3 rings (SSSR count). The maximum Gasteiger partial charge on any atom is 0.419 e. The molecule has 0 atom stereocenters. The largest absolute Gasteiger partial charge is 0.469 e. The molecule has 0 spiro atoms.